The van der Waals surface area contributed by atoms with Crippen LogP contribution in [0.5, 0.6) is 5.75 Å². The van der Waals surface area contributed by atoms with Gasteiger partial charge in [0, 0.05) is 15.8 Å². The first-order valence-corrected chi connectivity index (χ1v) is 6.47. The fraction of sp³-hybridized carbons (Fsp3) is 0.400. The van der Waals surface area contributed by atoms with Gasteiger partial charge in [-0.1, -0.05) is 15.9 Å². The zero-order valence-corrected chi connectivity index (χ0v) is 10.4. The third-order valence-corrected chi connectivity index (χ3v) is 2.81. The molecule has 1 N–H and O–H groups in total. The van der Waals surface area contributed by atoms with Gasteiger partial charge in [0.2, 0.25) is 0 Å². The van der Waals surface area contributed by atoms with E-state index in [0.29, 0.717) is 6.61 Å². The maximum atomic E-state index is 9.09. The zero-order chi connectivity index (χ0) is 10.4. The van der Waals surface area contributed by atoms with Gasteiger partial charge in [-0.15, -0.1) is 0 Å². The molecule has 0 heterocycles. The smallest absolute Gasteiger partial charge is 0.124 e. The first kappa shape index (κ1) is 11.9. The molecule has 2 nitrogen and oxygen atoms in total. The van der Waals surface area contributed by atoms with Crippen molar-refractivity contribution in [2.24, 2.45) is 0 Å². The van der Waals surface area contributed by atoms with Crippen LogP contribution in [0.3, 0.4) is 0 Å². The average Bonchev–Trinajstić information content (AvgIpc) is 2.20. The molecule has 14 heavy (non-hydrogen) atoms. The second-order valence-corrected chi connectivity index (χ2v) is 4.65. The molecule has 4 heteroatoms. The van der Waals surface area contributed by atoms with Gasteiger partial charge in [0.1, 0.15) is 5.75 Å². The van der Waals surface area contributed by atoms with Gasteiger partial charge in [-0.3, -0.25) is 0 Å². The molecule has 0 spiro atoms. The molecule has 0 aliphatic rings. The average molecular weight is 277 g/mol. The van der Waals surface area contributed by atoms with E-state index in [4.69, 9.17) is 9.84 Å². The molecule has 1 aromatic rings. The molecule has 0 unspecified atom stereocenters. The van der Waals surface area contributed by atoms with Crippen molar-refractivity contribution in [1.29, 1.82) is 0 Å². The van der Waals surface area contributed by atoms with Gasteiger partial charge >= 0.3 is 0 Å². The van der Waals surface area contributed by atoms with Gasteiger partial charge in [-0.25, -0.2) is 0 Å². The Bertz CT molecular complexity index is 291. The molecule has 78 valence electrons. The van der Waals surface area contributed by atoms with E-state index in [2.05, 4.69) is 15.9 Å². The second kappa shape index (κ2) is 6.32. The van der Waals surface area contributed by atoms with Crippen LogP contribution in [-0.2, 0) is 6.61 Å². The molecule has 0 radical (unpaired) electrons. The lowest BCUT2D eigenvalue weighted by Gasteiger charge is -2.09. The van der Waals surface area contributed by atoms with Crippen molar-refractivity contribution in [2.75, 3.05) is 18.6 Å². The molecule has 0 aliphatic heterocycles. The fourth-order valence-electron chi connectivity index (χ4n) is 1.05. The molecule has 1 aromatic carbocycles. The number of hydrogen-bond donors (Lipinski definition) is 1. The maximum Gasteiger partial charge on any atom is 0.124 e. The molecule has 1 rings (SSSR count). The van der Waals surface area contributed by atoms with Gasteiger partial charge in [0.15, 0.2) is 0 Å². The molecule has 0 saturated heterocycles. The van der Waals surface area contributed by atoms with Gasteiger partial charge < -0.3 is 9.84 Å². The number of aliphatic hydroxyl groups is 1. The Morgan fingerprint density at radius 1 is 1.50 bits per heavy atom. The number of ether oxygens (including phenoxy) is 1. The van der Waals surface area contributed by atoms with Gasteiger partial charge in [-0.2, -0.15) is 11.8 Å². The number of aliphatic hydroxyl groups excluding tert-OH is 1. The summed E-state index contributed by atoms with van der Waals surface area (Å²) in [5, 5.41) is 9.09. The predicted octanol–water partition coefficient (Wildman–Crippen LogP) is 2.68. The SMILES string of the molecule is CSCCOc1ccc(Br)cc1CO. The Balaban J connectivity index is 2.65. The van der Waals surface area contributed by atoms with Crippen LogP contribution in [0.2, 0.25) is 0 Å². The molecule has 0 fully saturated rings. The van der Waals surface area contributed by atoms with E-state index in [9.17, 15) is 0 Å². The normalized spacial score (nSPS) is 10.2. The lowest BCUT2D eigenvalue weighted by atomic mass is 10.2. The highest BCUT2D eigenvalue weighted by molar-refractivity contribution is 9.10. The summed E-state index contributed by atoms with van der Waals surface area (Å²) >= 11 is 5.09. The third-order valence-electron chi connectivity index (χ3n) is 1.74. The van der Waals surface area contributed by atoms with Crippen LogP contribution in [0, 0.1) is 0 Å². The highest BCUT2D eigenvalue weighted by atomic mass is 79.9. The van der Waals surface area contributed by atoms with Crippen LogP contribution in [0.15, 0.2) is 22.7 Å². The Labute approximate surface area is 96.8 Å². The molecule has 0 aliphatic carbocycles. The molecule has 0 atom stereocenters. The van der Waals surface area contributed by atoms with Crippen molar-refractivity contribution >= 4 is 27.7 Å². The number of rotatable bonds is 5. The summed E-state index contributed by atoms with van der Waals surface area (Å²) in [5.74, 6) is 1.73. The minimum Gasteiger partial charge on any atom is -0.492 e. The largest absolute Gasteiger partial charge is 0.492 e. The van der Waals surface area contributed by atoms with Crippen LogP contribution in [0.25, 0.3) is 0 Å². The summed E-state index contributed by atoms with van der Waals surface area (Å²) in [7, 11) is 0. The quantitative estimate of drug-likeness (QED) is 0.839. The van der Waals surface area contributed by atoms with Gasteiger partial charge in [-0.05, 0) is 24.5 Å². The van der Waals surface area contributed by atoms with Crippen molar-refractivity contribution in [3.05, 3.63) is 28.2 Å². The molecule has 0 bridgehead atoms. The van der Waals surface area contributed by atoms with Gasteiger partial charge in [0.05, 0.1) is 13.2 Å². The van der Waals surface area contributed by atoms with E-state index >= 15 is 0 Å². The molecule has 0 amide bonds. The Morgan fingerprint density at radius 3 is 2.93 bits per heavy atom. The number of benzene rings is 1. The van der Waals surface area contributed by atoms with E-state index in [1.807, 2.05) is 24.5 Å². The van der Waals surface area contributed by atoms with Crippen LogP contribution in [0.4, 0.5) is 0 Å². The van der Waals surface area contributed by atoms with Crippen LogP contribution < -0.4 is 4.74 Å². The minimum absolute atomic E-state index is 0.00798. The van der Waals surface area contributed by atoms with Crippen molar-refractivity contribution in [2.45, 2.75) is 6.61 Å². The predicted molar refractivity (Wildman–Crippen MR) is 63.9 cm³/mol. The fourth-order valence-corrected chi connectivity index (χ4v) is 1.71. The van der Waals surface area contributed by atoms with E-state index in [1.165, 1.54) is 0 Å². The second-order valence-electron chi connectivity index (χ2n) is 2.75. The highest BCUT2D eigenvalue weighted by Crippen LogP contribution is 2.23. The van der Waals surface area contributed by atoms with E-state index in [-0.39, 0.29) is 6.61 Å². The van der Waals surface area contributed by atoms with E-state index < -0.39 is 0 Å². The van der Waals surface area contributed by atoms with Crippen molar-refractivity contribution in [3.63, 3.8) is 0 Å². The minimum atomic E-state index is 0.00798. The summed E-state index contributed by atoms with van der Waals surface area (Å²) < 4.78 is 6.48. The summed E-state index contributed by atoms with van der Waals surface area (Å²) in [6.45, 7) is 0.684. The molecule has 0 aromatic heterocycles. The number of halogens is 1. The van der Waals surface area contributed by atoms with Crippen molar-refractivity contribution in [3.8, 4) is 5.75 Å². The van der Waals surface area contributed by atoms with Crippen molar-refractivity contribution in [1.82, 2.24) is 0 Å². The summed E-state index contributed by atoms with van der Waals surface area (Å²) in [5.41, 5.74) is 0.820. The Hall–Kier alpha value is -0.190. The Morgan fingerprint density at radius 2 is 2.29 bits per heavy atom. The lowest BCUT2D eigenvalue weighted by molar-refractivity contribution is 0.267. The summed E-state index contributed by atoms with van der Waals surface area (Å²) in [4.78, 5) is 0. The van der Waals surface area contributed by atoms with Crippen LogP contribution >= 0.6 is 27.7 Å². The van der Waals surface area contributed by atoms with E-state index in [1.54, 1.807) is 11.8 Å². The maximum absolute atomic E-state index is 9.09. The van der Waals surface area contributed by atoms with Crippen molar-refractivity contribution < 1.29 is 9.84 Å². The highest BCUT2D eigenvalue weighted by Gasteiger charge is 2.02. The first-order chi connectivity index (χ1) is 6.77. The lowest BCUT2D eigenvalue weighted by Crippen LogP contribution is -2.02. The number of hydrogen-bond acceptors (Lipinski definition) is 3. The van der Waals surface area contributed by atoms with Crippen LogP contribution in [-0.4, -0.2) is 23.7 Å². The first-order valence-electron chi connectivity index (χ1n) is 4.29. The Kier molecular flexibility index (Phi) is 5.37. The zero-order valence-electron chi connectivity index (χ0n) is 8.00. The van der Waals surface area contributed by atoms with Gasteiger partial charge in [0.25, 0.3) is 0 Å². The summed E-state index contributed by atoms with van der Waals surface area (Å²) in [6, 6.07) is 5.65. The standard InChI is InChI=1S/C10H13BrO2S/c1-14-5-4-13-10-3-2-9(11)6-8(10)7-12/h2-3,6,12H,4-5,7H2,1H3. The molecular formula is C10H13BrO2S. The van der Waals surface area contributed by atoms with Crippen LogP contribution in [0.1, 0.15) is 5.56 Å². The van der Waals surface area contributed by atoms with E-state index in [0.717, 1.165) is 21.5 Å². The topological polar surface area (TPSA) is 29.5 Å². The molecule has 0 saturated carbocycles. The number of thioether (sulfide) groups is 1. The third kappa shape index (κ3) is 3.52. The monoisotopic (exact) mass is 276 g/mol. The molecular weight excluding hydrogens is 264 g/mol. The summed E-state index contributed by atoms with van der Waals surface area (Å²) in [6.07, 6.45) is 2.04.